The first kappa shape index (κ1) is 36.3. The minimum Gasteiger partial charge on any atom is -0.422 e. The van der Waals surface area contributed by atoms with Gasteiger partial charge in [-0.2, -0.15) is 0 Å². The lowest BCUT2D eigenvalue weighted by Crippen LogP contribution is -2.13. The Morgan fingerprint density at radius 1 is 0.340 bits per heavy atom. The van der Waals surface area contributed by atoms with Gasteiger partial charge in [0.05, 0.1) is 66.1 Å². The second-order valence-corrected chi connectivity index (χ2v) is 16.8. The van der Waals surface area contributed by atoms with Crippen LogP contribution in [0.2, 0.25) is 0 Å². The summed E-state index contributed by atoms with van der Waals surface area (Å²) in [5.41, 5.74) is 0. The molecule has 13 nitrogen and oxygen atoms in total. The van der Waals surface area contributed by atoms with Crippen molar-refractivity contribution in [1.82, 2.24) is 0 Å². The van der Waals surface area contributed by atoms with Crippen LogP contribution in [0.4, 0.5) is 0 Å². The first-order chi connectivity index (χ1) is 24.6. The summed E-state index contributed by atoms with van der Waals surface area (Å²) in [6.45, 7) is 2.90. The number of hydrogen-bond donors (Lipinski definition) is 0. The SMILES string of the molecule is c1ccc(OP23=NP(Oc4ccccc4)(=NP(Oc4ccccc4)(Oc4ccccc4)=N2)OCCOCCOCCOCCOCCO3)cc1. The molecule has 50 heavy (non-hydrogen) atoms. The van der Waals surface area contributed by atoms with E-state index in [-0.39, 0.29) is 26.4 Å². The van der Waals surface area contributed by atoms with Crippen LogP contribution in [0.25, 0.3) is 0 Å². The molecule has 2 heterocycles. The van der Waals surface area contributed by atoms with E-state index in [0.717, 1.165) is 0 Å². The predicted octanol–water partition coefficient (Wildman–Crippen LogP) is 9.27. The van der Waals surface area contributed by atoms with Crippen LogP contribution in [0.1, 0.15) is 0 Å². The fourth-order valence-electron chi connectivity index (χ4n) is 4.47. The monoisotopic (exact) mass is 743 g/mol. The van der Waals surface area contributed by atoms with Crippen molar-refractivity contribution in [3.05, 3.63) is 121 Å². The minimum atomic E-state index is -3.84. The molecule has 2 aliphatic heterocycles. The zero-order valence-corrected chi connectivity index (χ0v) is 30.1. The third-order valence-electron chi connectivity index (χ3n) is 6.64. The molecule has 4 aromatic rings. The van der Waals surface area contributed by atoms with Gasteiger partial charge < -0.3 is 37.0 Å². The molecule has 2 atom stereocenters. The Balaban J connectivity index is 1.53. The Hall–Kier alpha value is -3.47. The van der Waals surface area contributed by atoms with Crippen molar-refractivity contribution in [2.45, 2.75) is 0 Å². The summed E-state index contributed by atoms with van der Waals surface area (Å²) in [7, 11) is -11.4. The van der Waals surface area contributed by atoms with Gasteiger partial charge in [0.25, 0.3) is 0 Å². The number of fused-ring (bicyclic) bond motifs is 1. The quantitative estimate of drug-likeness (QED) is 0.161. The standard InChI is InChI=1S/C34H40N3O10P3/c1-5-13-31(14-6-1)44-48-35-49(45-32-15-7-2-8-16-32,43-30-28-41-26-24-39-22-21-38-23-25-40-27-29-42-48)37-50(36-48,46-33-17-9-3-10-18-33)47-34-19-11-4-12-20-34/h1-20H,21-30H2. The molecule has 2 aliphatic rings. The summed E-state index contributed by atoms with van der Waals surface area (Å²) in [6, 6.07) is 36.7. The van der Waals surface area contributed by atoms with Crippen molar-refractivity contribution in [3.63, 3.8) is 0 Å². The number of benzene rings is 4. The average molecular weight is 744 g/mol. The molecule has 0 aromatic heterocycles. The Bertz CT molecular complexity index is 1670. The first-order valence-electron chi connectivity index (χ1n) is 16.1. The topological polar surface area (TPSA) is 129 Å². The molecule has 6 rings (SSSR count). The molecule has 0 fully saturated rings. The van der Waals surface area contributed by atoms with Crippen LogP contribution in [0.3, 0.4) is 0 Å². The summed E-state index contributed by atoms with van der Waals surface area (Å²) in [6.07, 6.45) is 0. The molecule has 2 unspecified atom stereocenters. The highest BCUT2D eigenvalue weighted by atomic mass is 31.3. The molecule has 0 saturated carbocycles. The largest absolute Gasteiger partial charge is 0.459 e. The molecule has 16 heteroatoms. The van der Waals surface area contributed by atoms with Crippen LogP contribution in [-0.2, 0) is 28.0 Å². The molecule has 0 N–H and O–H groups in total. The molecule has 266 valence electrons. The van der Waals surface area contributed by atoms with Crippen LogP contribution in [0, 0.1) is 0 Å². The van der Waals surface area contributed by atoms with Crippen LogP contribution in [-0.4, -0.2) is 66.1 Å². The third-order valence-corrected chi connectivity index (χ3v) is 14.9. The molecule has 0 spiro atoms. The Morgan fingerprint density at radius 2 is 0.640 bits per heavy atom. The second kappa shape index (κ2) is 18.7. The lowest BCUT2D eigenvalue weighted by atomic mass is 10.3. The molecule has 0 saturated heterocycles. The zero-order chi connectivity index (χ0) is 34.2. The van der Waals surface area contributed by atoms with Crippen molar-refractivity contribution in [2.24, 2.45) is 13.5 Å². The van der Waals surface area contributed by atoms with E-state index in [2.05, 4.69) is 0 Å². The Morgan fingerprint density at radius 3 is 1.00 bits per heavy atom. The molecule has 0 radical (unpaired) electrons. The zero-order valence-electron chi connectivity index (χ0n) is 27.4. The van der Waals surface area contributed by atoms with E-state index in [4.69, 9.17) is 59.6 Å². The van der Waals surface area contributed by atoms with Crippen molar-refractivity contribution in [3.8, 4) is 23.0 Å². The first-order valence-corrected chi connectivity index (χ1v) is 20.7. The summed E-state index contributed by atoms with van der Waals surface area (Å²) in [5.74, 6) is 1.83. The molecular weight excluding hydrogens is 703 g/mol. The van der Waals surface area contributed by atoms with E-state index in [1.165, 1.54) is 0 Å². The van der Waals surface area contributed by atoms with E-state index < -0.39 is 23.0 Å². The van der Waals surface area contributed by atoms with E-state index in [1.807, 2.05) is 72.8 Å². The molecule has 0 amide bonds. The maximum Gasteiger partial charge on any atom is 0.459 e. The van der Waals surface area contributed by atoms with Gasteiger partial charge in [-0.3, -0.25) is 9.05 Å². The van der Waals surface area contributed by atoms with Crippen molar-refractivity contribution in [1.29, 1.82) is 0 Å². The van der Waals surface area contributed by atoms with Gasteiger partial charge in [-0.1, -0.05) is 72.8 Å². The second-order valence-electron chi connectivity index (χ2n) is 10.5. The highest BCUT2D eigenvalue weighted by molar-refractivity contribution is 7.78. The average Bonchev–Trinajstić information content (AvgIpc) is 3.12. The van der Waals surface area contributed by atoms with E-state index in [0.29, 0.717) is 62.6 Å². The fourth-order valence-corrected chi connectivity index (χ4v) is 13.6. The summed E-state index contributed by atoms with van der Waals surface area (Å²) in [5, 5.41) is 0. The van der Waals surface area contributed by atoms with Gasteiger partial charge in [-0.15, -0.1) is 13.5 Å². The van der Waals surface area contributed by atoms with Gasteiger partial charge in [0, 0.05) is 0 Å². The van der Waals surface area contributed by atoms with Crippen LogP contribution < -0.4 is 18.1 Å². The number of nitrogens with zero attached hydrogens (tertiary/aromatic N) is 3. The van der Waals surface area contributed by atoms with Crippen molar-refractivity contribution >= 4 is 23.0 Å². The van der Waals surface area contributed by atoms with Gasteiger partial charge in [0.1, 0.15) is 23.0 Å². The van der Waals surface area contributed by atoms with E-state index in [9.17, 15) is 0 Å². The number of ether oxygens (including phenoxy) is 4. The molecule has 4 aromatic carbocycles. The summed E-state index contributed by atoms with van der Waals surface area (Å²) in [4.78, 5) is 0. The lowest BCUT2D eigenvalue weighted by Gasteiger charge is -2.33. The lowest BCUT2D eigenvalue weighted by molar-refractivity contribution is -0.00676. The number of hydrogen-bond acceptors (Lipinski definition) is 13. The van der Waals surface area contributed by atoms with E-state index in [1.54, 1.807) is 48.5 Å². The smallest absolute Gasteiger partial charge is 0.422 e. The van der Waals surface area contributed by atoms with Crippen LogP contribution in [0.15, 0.2) is 135 Å². The van der Waals surface area contributed by atoms with Crippen LogP contribution in [0.5, 0.6) is 23.0 Å². The Kier molecular flexibility index (Phi) is 13.6. The molecule has 0 aliphatic carbocycles. The highest BCUT2D eigenvalue weighted by Gasteiger charge is 2.47. The van der Waals surface area contributed by atoms with Gasteiger partial charge in [0.15, 0.2) is 0 Å². The summed E-state index contributed by atoms with van der Waals surface area (Å²) >= 11 is 0. The van der Waals surface area contributed by atoms with Crippen LogP contribution >= 0.6 is 23.0 Å². The third kappa shape index (κ3) is 11.0. The van der Waals surface area contributed by atoms with Gasteiger partial charge in [0.2, 0.25) is 0 Å². The summed E-state index contributed by atoms with van der Waals surface area (Å²) < 4.78 is 78.1. The predicted molar refractivity (Wildman–Crippen MR) is 192 cm³/mol. The normalized spacial score (nSPS) is 23.5. The molecule has 2 bridgehead atoms. The maximum atomic E-state index is 6.69. The van der Waals surface area contributed by atoms with Gasteiger partial charge in [-0.05, 0) is 48.5 Å². The number of rotatable bonds is 8. The molecular formula is C34H40N3O10P3. The number of para-hydroxylation sites is 4. The van der Waals surface area contributed by atoms with Crippen molar-refractivity contribution < 1.29 is 46.1 Å². The van der Waals surface area contributed by atoms with E-state index >= 15 is 0 Å². The highest BCUT2D eigenvalue weighted by Crippen LogP contribution is 2.79. The fraction of sp³-hybridized carbons (Fsp3) is 0.294. The Labute approximate surface area is 292 Å². The van der Waals surface area contributed by atoms with Gasteiger partial charge in [-0.25, -0.2) is 0 Å². The minimum absolute atomic E-state index is 0.0574. The maximum absolute atomic E-state index is 6.69. The van der Waals surface area contributed by atoms with Gasteiger partial charge >= 0.3 is 23.0 Å². The van der Waals surface area contributed by atoms with Crippen molar-refractivity contribution in [2.75, 3.05) is 66.1 Å².